The van der Waals surface area contributed by atoms with Gasteiger partial charge in [-0.15, -0.1) is 0 Å². The van der Waals surface area contributed by atoms with Crippen molar-refractivity contribution in [3.05, 3.63) is 29.6 Å². The summed E-state index contributed by atoms with van der Waals surface area (Å²) in [6.07, 6.45) is 0.522. The predicted octanol–water partition coefficient (Wildman–Crippen LogP) is 0.591. The second kappa shape index (κ2) is 5.24. The molecule has 1 fully saturated rings. The summed E-state index contributed by atoms with van der Waals surface area (Å²) in [6, 6.07) is 2.29. The van der Waals surface area contributed by atoms with Gasteiger partial charge in [-0.25, -0.2) is 22.3 Å². The number of carboxylic acid groups (broad SMARTS) is 1. The first-order valence-corrected chi connectivity index (χ1v) is 7.01. The molecule has 0 amide bonds. The Morgan fingerprint density at radius 3 is 2.74 bits per heavy atom. The maximum absolute atomic E-state index is 13.7. The quantitative estimate of drug-likeness (QED) is 0.846. The van der Waals surface area contributed by atoms with Crippen LogP contribution < -0.4 is 4.72 Å². The van der Waals surface area contributed by atoms with Gasteiger partial charge < -0.3 is 9.84 Å². The third-order valence-corrected chi connectivity index (χ3v) is 4.27. The van der Waals surface area contributed by atoms with Crippen LogP contribution in [0.15, 0.2) is 23.1 Å². The molecule has 1 aliphatic heterocycles. The van der Waals surface area contributed by atoms with Gasteiger partial charge in [0.05, 0.1) is 12.2 Å². The minimum Gasteiger partial charge on any atom is -0.478 e. The lowest BCUT2D eigenvalue weighted by Crippen LogP contribution is -2.35. The molecule has 1 saturated heterocycles. The van der Waals surface area contributed by atoms with E-state index in [-0.39, 0.29) is 18.2 Å². The van der Waals surface area contributed by atoms with Crippen molar-refractivity contribution in [2.24, 2.45) is 0 Å². The molecule has 1 unspecified atom stereocenters. The van der Waals surface area contributed by atoms with Crippen molar-refractivity contribution in [3.63, 3.8) is 0 Å². The number of hydrogen-bond donors (Lipinski definition) is 2. The van der Waals surface area contributed by atoms with Gasteiger partial charge in [-0.3, -0.25) is 0 Å². The molecule has 0 bridgehead atoms. The molecule has 1 atom stereocenters. The molecule has 0 spiro atoms. The van der Waals surface area contributed by atoms with E-state index in [4.69, 9.17) is 9.84 Å². The van der Waals surface area contributed by atoms with Crippen LogP contribution in [0.1, 0.15) is 16.8 Å². The molecule has 104 valence electrons. The summed E-state index contributed by atoms with van der Waals surface area (Å²) in [5, 5.41) is 8.68. The van der Waals surface area contributed by atoms with Gasteiger partial charge in [-0.1, -0.05) is 0 Å². The lowest BCUT2D eigenvalue weighted by atomic mass is 10.2. The Bertz CT molecular complexity index is 595. The molecular weight excluding hydrogens is 277 g/mol. The van der Waals surface area contributed by atoms with Gasteiger partial charge in [0.2, 0.25) is 10.0 Å². The molecule has 0 aliphatic carbocycles. The van der Waals surface area contributed by atoms with E-state index in [0.29, 0.717) is 19.1 Å². The van der Waals surface area contributed by atoms with Gasteiger partial charge in [0.1, 0.15) is 10.7 Å². The number of rotatable bonds is 4. The van der Waals surface area contributed by atoms with E-state index in [9.17, 15) is 17.6 Å². The Morgan fingerprint density at radius 1 is 1.47 bits per heavy atom. The topological polar surface area (TPSA) is 92.7 Å². The van der Waals surface area contributed by atoms with Crippen LogP contribution in [0.4, 0.5) is 4.39 Å². The number of benzene rings is 1. The van der Waals surface area contributed by atoms with E-state index >= 15 is 0 Å². The molecule has 19 heavy (non-hydrogen) atoms. The van der Waals surface area contributed by atoms with E-state index in [2.05, 4.69) is 4.72 Å². The lowest BCUT2D eigenvalue weighted by Gasteiger charge is -2.12. The van der Waals surface area contributed by atoms with Crippen LogP contribution >= 0.6 is 0 Å². The summed E-state index contributed by atoms with van der Waals surface area (Å²) in [7, 11) is -4.01. The number of sulfonamides is 1. The number of carboxylic acids is 1. The minimum atomic E-state index is -4.01. The molecule has 2 rings (SSSR count). The van der Waals surface area contributed by atoms with Crippen molar-refractivity contribution in [2.75, 3.05) is 13.2 Å². The highest BCUT2D eigenvalue weighted by atomic mass is 32.2. The fraction of sp³-hybridized carbons (Fsp3) is 0.364. The van der Waals surface area contributed by atoms with Gasteiger partial charge in [0, 0.05) is 12.6 Å². The molecule has 0 radical (unpaired) electrons. The second-order valence-electron chi connectivity index (χ2n) is 4.13. The lowest BCUT2D eigenvalue weighted by molar-refractivity contribution is 0.0696. The first-order valence-electron chi connectivity index (χ1n) is 5.53. The van der Waals surface area contributed by atoms with Gasteiger partial charge in [-0.05, 0) is 24.6 Å². The van der Waals surface area contributed by atoms with Gasteiger partial charge in [0.15, 0.2) is 0 Å². The Hall–Kier alpha value is -1.51. The molecule has 1 heterocycles. The first kappa shape index (κ1) is 13.9. The summed E-state index contributed by atoms with van der Waals surface area (Å²) >= 11 is 0. The summed E-state index contributed by atoms with van der Waals surface area (Å²) in [5.74, 6) is -2.41. The number of carbonyl (C=O) groups is 1. The Kier molecular flexibility index (Phi) is 3.83. The van der Waals surface area contributed by atoms with E-state index in [0.717, 1.165) is 12.1 Å². The number of ether oxygens (including phenoxy) is 1. The highest BCUT2D eigenvalue weighted by molar-refractivity contribution is 7.89. The van der Waals surface area contributed by atoms with Crippen molar-refractivity contribution < 1.29 is 27.4 Å². The Morgan fingerprint density at radius 2 is 2.21 bits per heavy atom. The predicted molar refractivity (Wildman–Crippen MR) is 62.9 cm³/mol. The largest absolute Gasteiger partial charge is 0.478 e. The second-order valence-corrected chi connectivity index (χ2v) is 5.81. The average molecular weight is 289 g/mol. The molecule has 1 aromatic carbocycles. The fourth-order valence-corrected chi connectivity index (χ4v) is 3.08. The van der Waals surface area contributed by atoms with Crippen molar-refractivity contribution in [3.8, 4) is 0 Å². The van der Waals surface area contributed by atoms with Crippen LogP contribution in [0.25, 0.3) is 0 Å². The third-order valence-electron chi connectivity index (χ3n) is 2.72. The highest BCUT2D eigenvalue weighted by Gasteiger charge is 2.26. The van der Waals surface area contributed by atoms with Crippen LogP contribution in [0.3, 0.4) is 0 Å². The smallest absolute Gasteiger partial charge is 0.335 e. The monoisotopic (exact) mass is 289 g/mol. The number of aromatic carboxylic acids is 1. The summed E-state index contributed by atoms with van der Waals surface area (Å²) < 4.78 is 44.9. The van der Waals surface area contributed by atoms with Crippen LogP contribution in [-0.4, -0.2) is 38.7 Å². The molecule has 1 aromatic rings. The average Bonchev–Trinajstić information content (AvgIpc) is 2.80. The van der Waals surface area contributed by atoms with Crippen LogP contribution in [0.2, 0.25) is 0 Å². The zero-order valence-corrected chi connectivity index (χ0v) is 10.6. The number of hydrogen-bond acceptors (Lipinski definition) is 4. The Balaban J connectivity index is 2.27. The fourth-order valence-electron chi connectivity index (χ4n) is 1.76. The van der Waals surface area contributed by atoms with Crippen molar-refractivity contribution in [1.29, 1.82) is 0 Å². The van der Waals surface area contributed by atoms with Crippen molar-refractivity contribution in [2.45, 2.75) is 17.4 Å². The summed E-state index contributed by atoms with van der Waals surface area (Å²) in [6.45, 7) is 0.696. The maximum atomic E-state index is 13.7. The standard InChI is InChI=1S/C11H12FNO5S/c12-9-5-7(11(14)15)1-2-10(9)19(16,17)13-8-3-4-18-6-8/h1-2,5,8,13H,3-4,6H2,(H,14,15). The van der Waals surface area contributed by atoms with Gasteiger partial charge in [-0.2, -0.15) is 0 Å². The van der Waals surface area contributed by atoms with Crippen LogP contribution in [0.5, 0.6) is 0 Å². The maximum Gasteiger partial charge on any atom is 0.335 e. The van der Waals surface area contributed by atoms with Gasteiger partial charge >= 0.3 is 5.97 Å². The molecule has 0 saturated carbocycles. The van der Waals surface area contributed by atoms with E-state index < -0.39 is 26.7 Å². The molecule has 6 nitrogen and oxygen atoms in total. The zero-order chi connectivity index (χ0) is 14.0. The zero-order valence-electron chi connectivity index (χ0n) is 9.80. The normalized spacial score (nSPS) is 19.5. The summed E-state index contributed by atoms with van der Waals surface area (Å²) in [5.41, 5.74) is -0.305. The number of halogens is 1. The number of nitrogens with one attached hydrogen (secondary N) is 1. The van der Waals surface area contributed by atoms with Gasteiger partial charge in [0.25, 0.3) is 0 Å². The molecular formula is C11H12FNO5S. The van der Waals surface area contributed by atoms with Crippen molar-refractivity contribution in [1.82, 2.24) is 4.72 Å². The third kappa shape index (κ3) is 3.09. The summed E-state index contributed by atoms with van der Waals surface area (Å²) in [4.78, 5) is 10.1. The van der Waals surface area contributed by atoms with Crippen LogP contribution in [-0.2, 0) is 14.8 Å². The first-order chi connectivity index (χ1) is 8.90. The highest BCUT2D eigenvalue weighted by Crippen LogP contribution is 2.17. The minimum absolute atomic E-state index is 0.244. The van der Waals surface area contributed by atoms with Crippen molar-refractivity contribution >= 4 is 16.0 Å². The molecule has 8 heteroatoms. The van der Waals surface area contributed by atoms with E-state index in [1.54, 1.807) is 0 Å². The molecule has 1 aliphatic rings. The molecule has 0 aromatic heterocycles. The molecule has 2 N–H and O–H groups in total. The SMILES string of the molecule is O=C(O)c1ccc(S(=O)(=O)NC2CCOC2)c(F)c1. The Labute approximate surface area is 109 Å². The van der Waals surface area contributed by atoms with E-state index in [1.807, 2.05) is 0 Å². The van der Waals surface area contributed by atoms with Crippen LogP contribution in [0, 0.1) is 5.82 Å². The van der Waals surface area contributed by atoms with E-state index in [1.165, 1.54) is 0 Å².